The van der Waals surface area contributed by atoms with E-state index in [0.29, 0.717) is 6.61 Å². The lowest BCUT2D eigenvalue weighted by Gasteiger charge is -2.35. The number of nitrogens with zero attached hydrogens (tertiary/aromatic N) is 3. The summed E-state index contributed by atoms with van der Waals surface area (Å²) >= 11 is 1.67. The number of benzene rings is 1. The van der Waals surface area contributed by atoms with E-state index in [2.05, 4.69) is 33.2 Å². The van der Waals surface area contributed by atoms with Crippen LogP contribution in [0.3, 0.4) is 0 Å². The van der Waals surface area contributed by atoms with Gasteiger partial charge in [0, 0.05) is 29.2 Å². The third kappa shape index (κ3) is 2.96. The second kappa shape index (κ2) is 6.61. The van der Waals surface area contributed by atoms with Crippen molar-refractivity contribution in [1.82, 2.24) is 9.97 Å². The molecule has 5 nitrogen and oxygen atoms in total. The van der Waals surface area contributed by atoms with Crippen LogP contribution in [0.2, 0.25) is 0 Å². The van der Waals surface area contributed by atoms with Gasteiger partial charge in [0.25, 0.3) is 0 Å². The lowest BCUT2D eigenvalue weighted by atomic mass is 10.1. The minimum absolute atomic E-state index is 0.0145. The SMILES string of the molecule is COc1cccc2c(N3CCOC(c4nc(C)cs4)C3)c(C)cnc12. The summed E-state index contributed by atoms with van der Waals surface area (Å²) in [6, 6.07) is 6.09. The maximum Gasteiger partial charge on any atom is 0.145 e. The number of pyridine rings is 1. The monoisotopic (exact) mass is 355 g/mol. The number of anilines is 1. The molecule has 130 valence electrons. The zero-order valence-corrected chi connectivity index (χ0v) is 15.5. The normalized spacial score (nSPS) is 17.9. The van der Waals surface area contributed by atoms with Crippen LogP contribution in [0.1, 0.15) is 22.4 Å². The molecule has 3 heterocycles. The van der Waals surface area contributed by atoms with Gasteiger partial charge in [0.15, 0.2) is 0 Å². The van der Waals surface area contributed by atoms with Crippen molar-refractivity contribution in [1.29, 1.82) is 0 Å². The number of hydrogen-bond acceptors (Lipinski definition) is 6. The first kappa shape index (κ1) is 16.3. The molecule has 1 fully saturated rings. The Morgan fingerprint density at radius 3 is 2.96 bits per heavy atom. The summed E-state index contributed by atoms with van der Waals surface area (Å²) in [4.78, 5) is 11.6. The van der Waals surface area contributed by atoms with E-state index in [1.807, 2.05) is 25.3 Å². The Kier molecular flexibility index (Phi) is 4.31. The first-order chi connectivity index (χ1) is 12.2. The highest BCUT2D eigenvalue weighted by molar-refractivity contribution is 7.09. The maximum atomic E-state index is 5.99. The van der Waals surface area contributed by atoms with Gasteiger partial charge in [-0.15, -0.1) is 11.3 Å². The first-order valence-corrected chi connectivity index (χ1v) is 9.26. The molecule has 0 N–H and O–H groups in total. The fraction of sp³-hybridized carbons (Fsp3) is 0.368. The third-order valence-electron chi connectivity index (χ3n) is 4.53. The Morgan fingerprint density at radius 1 is 1.32 bits per heavy atom. The smallest absolute Gasteiger partial charge is 0.145 e. The Morgan fingerprint density at radius 2 is 2.20 bits per heavy atom. The molecule has 1 aromatic carbocycles. The number of para-hydroxylation sites is 1. The van der Waals surface area contributed by atoms with E-state index >= 15 is 0 Å². The van der Waals surface area contributed by atoms with Crippen LogP contribution in [0.4, 0.5) is 5.69 Å². The number of fused-ring (bicyclic) bond motifs is 1. The number of aromatic nitrogens is 2. The maximum absolute atomic E-state index is 5.99. The van der Waals surface area contributed by atoms with Crippen LogP contribution in [-0.2, 0) is 4.74 Å². The molecule has 0 bridgehead atoms. The quantitative estimate of drug-likeness (QED) is 0.713. The number of ether oxygens (including phenoxy) is 2. The standard InChI is InChI=1S/C19H21N3O2S/c1-12-9-20-17-14(5-4-6-15(17)23-3)18(12)22-7-8-24-16(10-22)19-21-13(2)11-25-19/h4-6,9,11,16H,7-8,10H2,1-3H3. The first-order valence-electron chi connectivity index (χ1n) is 8.38. The van der Waals surface area contributed by atoms with Crippen molar-refractivity contribution in [3.8, 4) is 5.75 Å². The summed E-state index contributed by atoms with van der Waals surface area (Å²) in [6.07, 6.45) is 1.94. The van der Waals surface area contributed by atoms with E-state index < -0.39 is 0 Å². The van der Waals surface area contributed by atoms with Crippen LogP contribution in [0.25, 0.3) is 10.9 Å². The van der Waals surface area contributed by atoms with E-state index in [0.717, 1.165) is 46.0 Å². The second-order valence-corrected chi connectivity index (χ2v) is 7.17. The number of morpholine rings is 1. The van der Waals surface area contributed by atoms with Gasteiger partial charge in [-0.25, -0.2) is 4.98 Å². The van der Waals surface area contributed by atoms with Crippen molar-refractivity contribution in [2.45, 2.75) is 20.0 Å². The molecule has 1 atom stereocenters. The molecule has 6 heteroatoms. The minimum atomic E-state index is 0.0145. The van der Waals surface area contributed by atoms with Crippen molar-refractivity contribution in [3.63, 3.8) is 0 Å². The Bertz CT molecular complexity index is 909. The number of aryl methyl sites for hydroxylation is 2. The summed E-state index contributed by atoms with van der Waals surface area (Å²) in [6.45, 7) is 6.48. The molecule has 1 unspecified atom stereocenters. The summed E-state index contributed by atoms with van der Waals surface area (Å²) in [5.74, 6) is 0.805. The lowest BCUT2D eigenvalue weighted by Crippen LogP contribution is -2.38. The number of hydrogen-bond donors (Lipinski definition) is 0. The van der Waals surface area contributed by atoms with Gasteiger partial charge in [-0.05, 0) is 25.5 Å². The average Bonchev–Trinajstić information content (AvgIpc) is 3.07. The average molecular weight is 355 g/mol. The van der Waals surface area contributed by atoms with Gasteiger partial charge in [-0.3, -0.25) is 4.98 Å². The molecule has 1 aliphatic rings. The summed E-state index contributed by atoms with van der Waals surface area (Å²) < 4.78 is 11.5. The highest BCUT2D eigenvalue weighted by Crippen LogP contribution is 2.36. The van der Waals surface area contributed by atoms with Gasteiger partial charge in [-0.1, -0.05) is 12.1 Å². The van der Waals surface area contributed by atoms with Crippen molar-refractivity contribution >= 4 is 27.9 Å². The zero-order valence-electron chi connectivity index (χ0n) is 14.7. The molecule has 3 aromatic rings. The molecule has 1 aliphatic heterocycles. The molecular formula is C19H21N3O2S. The van der Waals surface area contributed by atoms with E-state index in [1.165, 1.54) is 5.69 Å². The molecular weight excluding hydrogens is 334 g/mol. The summed E-state index contributed by atoms with van der Waals surface area (Å²) in [5.41, 5.74) is 4.33. The van der Waals surface area contributed by atoms with Crippen LogP contribution in [-0.4, -0.2) is 36.8 Å². The Hall–Kier alpha value is -2.18. The number of methoxy groups -OCH3 is 1. The van der Waals surface area contributed by atoms with E-state index in [4.69, 9.17) is 9.47 Å². The molecule has 0 aliphatic carbocycles. The fourth-order valence-electron chi connectivity index (χ4n) is 3.39. The van der Waals surface area contributed by atoms with E-state index in [1.54, 1.807) is 18.4 Å². The minimum Gasteiger partial charge on any atom is -0.494 e. The van der Waals surface area contributed by atoms with Crippen molar-refractivity contribution < 1.29 is 9.47 Å². The zero-order chi connectivity index (χ0) is 17.4. The Labute approximate surface area is 151 Å². The van der Waals surface area contributed by atoms with Gasteiger partial charge in [0.1, 0.15) is 22.4 Å². The van der Waals surface area contributed by atoms with Gasteiger partial charge >= 0.3 is 0 Å². The lowest BCUT2D eigenvalue weighted by molar-refractivity contribution is 0.0396. The van der Waals surface area contributed by atoms with Gasteiger partial charge in [-0.2, -0.15) is 0 Å². The van der Waals surface area contributed by atoms with Gasteiger partial charge < -0.3 is 14.4 Å². The highest BCUT2D eigenvalue weighted by atomic mass is 32.1. The third-order valence-corrected chi connectivity index (χ3v) is 5.58. The van der Waals surface area contributed by atoms with Crippen LogP contribution in [0, 0.1) is 13.8 Å². The predicted molar refractivity (Wildman–Crippen MR) is 101 cm³/mol. The summed E-state index contributed by atoms with van der Waals surface area (Å²) in [5, 5.41) is 4.25. The number of rotatable bonds is 3. The molecule has 0 amide bonds. The molecule has 4 rings (SSSR count). The molecule has 0 spiro atoms. The molecule has 1 saturated heterocycles. The molecule has 0 radical (unpaired) electrons. The van der Waals surface area contributed by atoms with Crippen LogP contribution < -0.4 is 9.64 Å². The van der Waals surface area contributed by atoms with Crippen molar-refractivity contribution in [2.24, 2.45) is 0 Å². The molecule has 2 aromatic heterocycles. The van der Waals surface area contributed by atoms with E-state index in [9.17, 15) is 0 Å². The molecule has 0 saturated carbocycles. The predicted octanol–water partition coefficient (Wildman–Crippen LogP) is 3.89. The topological polar surface area (TPSA) is 47.5 Å². The summed E-state index contributed by atoms with van der Waals surface area (Å²) in [7, 11) is 1.69. The van der Waals surface area contributed by atoms with Crippen LogP contribution >= 0.6 is 11.3 Å². The van der Waals surface area contributed by atoms with Crippen LogP contribution in [0.15, 0.2) is 29.8 Å². The van der Waals surface area contributed by atoms with Gasteiger partial charge in [0.2, 0.25) is 0 Å². The number of thiazole rings is 1. The highest BCUT2D eigenvalue weighted by Gasteiger charge is 2.26. The second-order valence-electron chi connectivity index (χ2n) is 6.28. The van der Waals surface area contributed by atoms with Crippen molar-refractivity contribution in [2.75, 3.05) is 31.7 Å². The fourth-order valence-corrected chi connectivity index (χ4v) is 4.22. The molecule has 25 heavy (non-hydrogen) atoms. The van der Waals surface area contributed by atoms with Crippen molar-refractivity contribution in [3.05, 3.63) is 46.0 Å². The van der Waals surface area contributed by atoms with E-state index in [-0.39, 0.29) is 6.10 Å². The Balaban J connectivity index is 1.74. The largest absolute Gasteiger partial charge is 0.494 e. The van der Waals surface area contributed by atoms with Crippen LogP contribution in [0.5, 0.6) is 5.75 Å². The van der Waals surface area contributed by atoms with Gasteiger partial charge in [0.05, 0.1) is 25.9 Å².